The van der Waals surface area contributed by atoms with Gasteiger partial charge in [-0.15, -0.1) is 0 Å². The first-order valence-electron chi connectivity index (χ1n) is 11.9. The molecular formula is C25H39K2NO5. The van der Waals surface area contributed by atoms with Crippen molar-refractivity contribution in [2.45, 2.75) is 96.5 Å². The Labute approximate surface area is 285 Å². The summed E-state index contributed by atoms with van der Waals surface area (Å²) in [5.41, 5.74) is -2.97. The second-order valence-corrected chi connectivity index (χ2v) is 8.33. The minimum Gasteiger partial charge on any atom is -0.546 e. The van der Waals surface area contributed by atoms with Crippen LogP contribution in [0.2, 0.25) is 0 Å². The van der Waals surface area contributed by atoms with Gasteiger partial charge in [0, 0.05) is 24.3 Å². The summed E-state index contributed by atoms with van der Waals surface area (Å²) in [7, 11) is 0. The molecule has 0 aromatic heterocycles. The molecule has 8 heteroatoms. The molecule has 0 fully saturated rings. The molecule has 1 aromatic carbocycles. The monoisotopic (exact) mass is 511 g/mol. The van der Waals surface area contributed by atoms with Crippen molar-refractivity contribution in [1.82, 2.24) is 0 Å². The van der Waals surface area contributed by atoms with Crippen molar-refractivity contribution >= 4 is 17.6 Å². The smallest absolute Gasteiger partial charge is 0.546 e. The first-order chi connectivity index (χ1) is 14.9. The zero-order valence-corrected chi connectivity index (χ0v) is 27.5. The largest absolute Gasteiger partial charge is 1.00 e. The van der Waals surface area contributed by atoms with E-state index in [1.165, 1.54) is 50.7 Å². The Hall–Kier alpha value is 1.19. The van der Waals surface area contributed by atoms with E-state index in [0.29, 0.717) is 18.8 Å². The SMILES string of the molecule is CCCCCCCCN(CCCCCCCC)c1ccccc1C(O)(C(=O)[O-])C(=O)[O-].[K+].[K+]. The Balaban J connectivity index is 0. The third-order valence-electron chi connectivity index (χ3n) is 5.79. The van der Waals surface area contributed by atoms with E-state index in [4.69, 9.17) is 0 Å². The number of carbonyl (C=O) groups excluding carboxylic acids is 2. The van der Waals surface area contributed by atoms with E-state index < -0.39 is 17.5 Å². The minimum absolute atomic E-state index is 0. The third kappa shape index (κ3) is 12.8. The number of para-hydroxylation sites is 1. The zero-order valence-electron chi connectivity index (χ0n) is 21.2. The molecule has 0 bridgehead atoms. The van der Waals surface area contributed by atoms with Crippen molar-refractivity contribution < 1.29 is 128 Å². The first-order valence-corrected chi connectivity index (χ1v) is 11.9. The van der Waals surface area contributed by atoms with Crippen LogP contribution in [-0.2, 0) is 15.2 Å². The summed E-state index contributed by atoms with van der Waals surface area (Å²) in [5.74, 6) is -4.17. The molecule has 0 aliphatic rings. The fourth-order valence-corrected chi connectivity index (χ4v) is 3.88. The predicted molar refractivity (Wildman–Crippen MR) is 119 cm³/mol. The number of carboxylic acid groups (broad SMARTS) is 2. The number of hydrogen-bond donors (Lipinski definition) is 1. The van der Waals surface area contributed by atoms with E-state index in [2.05, 4.69) is 13.8 Å². The van der Waals surface area contributed by atoms with Gasteiger partial charge in [-0.2, -0.15) is 0 Å². The summed E-state index contributed by atoms with van der Waals surface area (Å²) in [6, 6.07) is 6.24. The summed E-state index contributed by atoms with van der Waals surface area (Å²) in [6.45, 7) is 5.70. The van der Waals surface area contributed by atoms with Crippen molar-refractivity contribution in [2.75, 3.05) is 18.0 Å². The van der Waals surface area contributed by atoms with Crippen LogP contribution in [0.3, 0.4) is 0 Å². The molecule has 1 rings (SSSR count). The van der Waals surface area contributed by atoms with Crippen LogP contribution in [0.1, 0.15) is 96.5 Å². The molecule has 176 valence electrons. The van der Waals surface area contributed by atoms with Gasteiger partial charge in [-0.3, -0.25) is 0 Å². The number of benzene rings is 1. The van der Waals surface area contributed by atoms with Gasteiger partial charge in [-0.05, 0) is 18.9 Å². The number of nitrogens with zero attached hydrogens (tertiary/aromatic N) is 1. The van der Waals surface area contributed by atoms with Gasteiger partial charge in [0.25, 0.3) is 0 Å². The van der Waals surface area contributed by atoms with Crippen LogP contribution in [0.4, 0.5) is 5.69 Å². The second kappa shape index (κ2) is 21.3. The Morgan fingerprint density at radius 2 is 1.15 bits per heavy atom. The molecule has 33 heavy (non-hydrogen) atoms. The average Bonchev–Trinajstić information content (AvgIpc) is 2.76. The van der Waals surface area contributed by atoms with Crippen LogP contribution in [0.25, 0.3) is 0 Å². The second-order valence-electron chi connectivity index (χ2n) is 8.33. The van der Waals surface area contributed by atoms with Gasteiger partial charge < -0.3 is 29.8 Å². The molecule has 0 spiro atoms. The van der Waals surface area contributed by atoms with Crippen LogP contribution in [0, 0.1) is 0 Å². The van der Waals surface area contributed by atoms with Crippen LogP contribution >= 0.6 is 0 Å². The fraction of sp³-hybridized carbons (Fsp3) is 0.680. The molecule has 0 atom stereocenters. The predicted octanol–water partition coefficient (Wildman–Crippen LogP) is -3.09. The Kier molecular flexibility index (Phi) is 23.5. The average molecular weight is 512 g/mol. The van der Waals surface area contributed by atoms with Gasteiger partial charge in [0.1, 0.15) is 0 Å². The summed E-state index contributed by atoms with van der Waals surface area (Å²) < 4.78 is 0. The Morgan fingerprint density at radius 1 is 0.758 bits per heavy atom. The first kappa shape index (κ1) is 36.3. The van der Waals surface area contributed by atoms with Crippen LogP contribution < -0.4 is 118 Å². The maximum Gasteiger partial charge on any atom is 1.00 e. The molecule has 0 heterocycles. The number of carbonyl (C=O) groups is 2. The normalized spacial score (nSPS) is 10.8. The standard InChI is InChI=1S/C25H41NO5.2K/c1-3-5-7-9-11-15-19-26(20-16-12-10-8-6-4-2)22-18-14-13-17-21(22)25(31,23(27)28)24(29)30;;/h13-14,17-18,31H,3-12,15-16,19-20H2,1-2H3,(H,27,28)(H,29,30);;/q;2*+1/p-2. The van der Waals surface area contributed by atoms with Gasteiger partial charge in [-0.1, -0.05) is 96.3 Å². The van der Waals surface area contributed by atoms with Crippen molar-refractivity contribution in [3.63, 3.8) is 0 Å². The number of hydrogen-bond acceptors (Lipinski definition) is 6. The number of unbranched alkanes of at least 4 members (excludes halogenated alkanes) is 10. The summed E-state index contributed by atoms with van der Waals surface area (Å²) in [4.78, 5) is 25.1. The van der Waals surface area contributed by atoms with E-state index in [1.807, 2.05) is 4.90 Å². The van der Waals surface area contributed by atoms with Gasteiger partial charge in [-0.25, -0.2) is 0 Å². The van der Waals surface area contributed by atoms with Crippen LogP contribution in [0.5, 0.6) is 0 Å². The molecular weight excluding hydrogens is 472 g/mol. The molecule has 0 amide bonds. The van der Waals surface area contributed by atoms with Gasteiger partial charge in [0.15, 0.2) is 5.60 Å². The van der Waals surface area contributed by atoms with Crippen molar-refractivity contribution in [2.24, 2.45) is 0 Å². The summed E-state index contributed by atoms with van der Waals surface area (Å²) in [6.07, 6.45) is 13.4. The van der Waals surface area contributed by atoms with E-state index in [0.717, 1.165) is 38.5 Å². The van der Waals surface area contributed by atoms with E-state index in [1.54, 1.807) is 12.1 Å². The minimum atomic E-state index is -3.18. The number of carboxylic acids is 2. The molecule has 0 saturated carbocycles. The third-order valence-corrected chi connectivity index (χ3v) is 5.79. The summed E-state index contributed by atoms with van der Waals surface area (Å²) in [5, 5.41) is 33.6. The zero-order chi connectivity index (χ0) is 23.1. The van der Waals surface area contributed by atoms with Crippen molar-refractivity contribution in [3.05, 3.63) is 29.8 Å². The number of aliphatic hydroxyl groups is 1. The topological polar surface area (TPSA) is 104 Å². The maximum atomic E-state index is 11.6. The molecule has 0 radical (unpaired) electrons. The Bertz CT molecular complexity index is 642. The molecule has 0 aliphatic heterocycles. The molecule has 1 aromatic rings. The van der Waals surface area contributed by atoms with Crippen molar-refractivity contribution in [3.8, 4) is 0 Å². The van der Waals surface area contributed by atoms with E-state index in [9.17, 15) is 24.9 Å². The maximum absolute atomic E-state index is 11.6. The number of anilines is 1. The van der Waals surface area contributed by atoms with Gasteiger partial charge in [0.05, 0.1) is 11.9 Å². The number of rotatable bonds is 18. The Morgan fingerprint density at radius 3 is 1.58 bits per heavy atom. The molecule has 0 aliphatic carbocycles. The van der Waals surface area contributed by atoms with Crippen LogP contribution in [-0.4, -0.2) is 30.1 Å². The van der Waals surface area contributed by atoms with E-state index >= 15 is 0 Å². The molecule has 0 saturated heterocycles. The fourth-order valence-electron chi connectivity index (χ4n) is 3.88. The quantitative estimate of drug-likeness (QED) is 0.127. The van der Waals surface area contributed by atoms with Gasteiger partial charge >= 0.3 is 103 Å². The molecule has 6 nitrogen and oxygen atoms in total. The number of aliphatic carboxylic acids is 2. The molecule has 1 N–H and O–H groups in total. The van der Waals surface area contributed by atoms with Crippen LogP contribution in [0.15, 0.2) is 24.3 Å². The summed E-state index contributed by atoms with van der Waals surface area (Å²) >= 11 is 0. The molecule has 0 unspecified atom stereocenters. The van der Waals surface area contributed by atoms with E-state index in [-0.39, 0.29) is 108 Å². The van der Waals surface area contributed by atoms with Gasteiger partial charge in [0.2, 0.25) is 0 Å². The van der Waals surface area contributed by atoms with Crippen molar-refractivity contribution in [1.29, 1.82) is 0 Å².